The molecule has 92 valence electrons. The Kier molecular flexibility index (Phi) is 6.08. The normalized spacial score (nSPS) is 9.94. The van der Waals surface area contributed by atoms with Crippen molar-refractivity contribution in [3.63, 3.8) is 0 Å². The van der Waals surface area contributed by atoms with E-state index < -0.39 is 0 Å². The number of amides is 1. The van der Waals surface area contributed by atoms with Crippen molar-refractivity contribution < 1.29 is 4.79 Å². The number of hydrogen-bond acceptors (Lipinski definition) is 1. The maximum atomic E-state index is 11.5. The van der Waals surface area contributed by atoms with Crippen LogP contribution in [-0.2, 0) is 17.6 Å². The molecule has 0 atom stereocenters. The fourth-order valence-corrected chi connectivity index (χ4v) is 1.64. The second-order valence-corrected chi connectivity index (χ2v) is 4.19. The molecule has 0 heterocycles. The molecule has 1 amide bonds. The summed E-state index contributed by atoms with van der Waals surface area (Å²) >= 11 is 0. The number of unbranched alkanes of at least 4 members (excludes halogenated alkanes) is 1. The Labute approximate surface area is 104 Å². The maximum Gasteiger partial charge on any atom is 0.224 e. The standard InChI is InChI=1S/C15H21NO/c1-3-5-6-13-7-9-14(10-8-13)12-15(17)16-11-4-2/h4,7-10H,2-3,5-6,11-12H2,1H3,(H,16,17). The maximum absolute atomic E-state index is 11.5. The molecule has 0 spiro atoms. The molecule has 0 fully saturated rings. The predicted octanol–water partition coefficient (Wildman–Crippen LogP) is 2.87. The number of carbonyl (C=O) groups excluding carboxylic acids is 1. The number of carbonyl (C=O) groups is 1. The summed E-state index contributed by atoms with van der Waals surface area (Å²) in [5, 5.41) is 2.77. The number of rotatable bonds is 7. The number of benzene rings is 1. The van der Waals surface area contributed by atoms with E-state index in [0.717, 1.165) is 12.0 Å². The second kappa shape index (κ2) is 7.66. The van der Waals surface area contributed by atoms with E-state index in [-0.39, 0.29) is 5.91 Å². The van der Waals surface area contributed by atoms with Gasteiger partial charge in [-0.25, -0.2) is 0 Å². The van der Waals surface area contributed by atoms with Crippen molar-refractivity contribution >= 4 is 5.91 Å². The summed E-state index contributed by atoms with van der Waals surface area (Å²) in [7, 11) is 0. The van der Waals surface area contributed by atoms with E-state index >= 15 is 0 Å². The highest BCUT2D eigenvalue weighted by molar-refractivity contribution is 5.78. The molecular weight excluding hydrogens is 210 g/mol. The van der Waals surface area contributed by atoms with E-state index in [2.05, 4.69) is 31.0 Å². The van der Waals surface area contributed by atoms with Crippen LogP contribution < -0.4 is 5.32 Å². The Morgan fingerprint density at radius 1 is 1.29 bits per heavy atom. The minimum Gasteiger partial charge on any atom is -0.352 e. The minimum absolute atomic E-state index is 0.0474. The van der Waals surface area contributed by atoms with E-state index in [1.165, 1.54) is 18.4 Å². The Hall–Kier alpha value is -1.57. The third-order valence-electron chi connectivity index (χ3n) is 2.65. The second-order valence-electron chi connectivity index (χ2n) is 4.19. The fraction of sp³-hybridized carbons (Fsp3) is 0.400. The highest BCUT2D eigenvalue weighted by Gasteiger charge is 2.01. The van der Waals surface area contributed by atoms with Crippen molar-refractivity contribution in [1.82, 2.24) is 5.32 Å². The highest BCUT2D eigenvalue weighted by Crippen LogP contribution is 2.08. The van der Waals surface area contributed by atoms with Gasteiger partial charge in [0.05, 0.1) is 6.42 Å². The van der Waals surface area contributed by atoms with E-state index in [4.69, 9.17) is 0 Å². The summed E-state index contributed by atoms with van der Waals surface area (Å²) in [5.41, 5.74) is 2.41. The first-order valence-electron chi connectivity index (χ1n) is 6.21. The molecular formula is C15H21NO. The molecule has 0 bridgehead atoms. The molecule has 0 unspecified atom stereocenters. The Morgan fingerprint density at radius 2 is 1.94 bits per heavy atom. The highest BCUT2D eigenvalue weighted by atomic mass is 16.1. The summed E-state index contributed by atoms with van der Waals surface area (Å²) in [6.07, 6.45) is 5.69. The third kappa shape index (κ3) is 5.34. The van der Waals surface area contributed by atoms with Crippen LogP contribution in [0.5, 0.6) is 0 Å². The molecule has 0 saturated heterocycles. The van der Waals surface area contributed by atoms with Crippen molar-refractivity contribution in [1.29, 1.82) is 0 Å². The first-order valence-corrected chi connectivity index (χ1v) is 6.21. The summed E-state index contributed by atoms with van der Waals surface area (Å²) < 4.78 is 0. The van der Waals surface area contributed by atoms with Crippen molar-refractivity contribution in [3.8, 4) is 0 Å². The summed E-state index contributed by atoms with van der Waals surface area (Å²) in [6.45, 7) is 6.29. The van der Waals surface area contributed by atoms with Gasteiger partial charge in [-0.3, -0.25) is 4.79 Å². The summed E-state index contributed by atoms with van der Waals surface area (Å²) in [6, 6.07) is 8.31. The first kappa shape index (κ1) is 13.5. The van der Waals surface area contributed by atoms with Gasteiger partial charge in [0.1, 0.15) is 0 Å². The molecule has 0 aliphatic carbocycles. The predicted molar refractivity (Wildman–Crippen MR) is 72.0 cm³/mol. The van der Waals surface area contributed by atoms with Crippen molar-refractivity contribution in [3.05, 3.63) is 48.0 Å². The molecule has 2 heteroatoms. The number of hydrogen-bond donors (Lipinski definition) is 1. The van der Waals surface area contributed by atoms with Crippen LogP contribution in [0.15, 0.2) is 36.9 Å². The lowest BCUT2D eigenvalue weighted by molar-refractivity contribution is -0.120. The van der Waals surface area contributed by atoms with Crippen LogP contribution in [0, 0.1) is 0 Å². The largest absolute Gasteiger partial charge is 0.352 e. The van der Waals surface area contributed by atoms with Gasteiger partial charge in [-0.05, 0) is 24.0 Å². The van der Waals surface area contributed by atoms with Gasteiger partial charge in [-0.1, -0.05) is 43.7 Å². The van der Waals surface area contributed by atoms with Crippen molar-refractivity contribution in [2.45, 2.75) is 32.6 Å². The average molecular weight is 231 g/mol. The Morgan fingerprint density at radius 3 is 2.53 bits per heavy atom. The quantitative estimate of drug-likeness (QED) is 0.718. The zero-order valence-electron chi connectivity index (χ0n) is 10.5. The van der Waals surface area contributed by atoms with Gasteiger partial charge in [-0.15, -0.1) is 6.58 Å². The van der Waals surface area contributed by atoms with Crippen LogP contribution in [0.1, 0.15) is 30.9 Å². The van der Waals surface area contributed by atoms with Crippen LogP contribution in [0.4, 0.5) is 0 Å². The number of nitrogens with one attached hydrogen (secondary N) is 1. The summed E-state index contributed by atoms with van der Waals surface area (Å²) in [4.78, 5) is 11.5. The van der Waals surface area contributed by atoms with Gasteiger partial charge in [0.15, 0.2) is 0 Å². The zero-order valence-corrected chi connectivity index (χ0v) is 10.5. The van der Waals surface area contributed by atoms with Gasteiger partial charge < -0.3 is 5.32 Å². The molecule has 1 rings (SSSR count). The van der Waals surface area contributed by atoms with Gasteiger partial charge in [0, 0.05) is 6.54 Å². The topological polar surface area (TPSA) is 29.1 Å². The monoisotopic (exact) mass is 231 g/mol. The minimum atomic E-state index is 0.0474. The van der Waals surface area contributed by atoms with Crippen LogP contribution in [0.3, 0.4) is 0 Å². The first-order chi connectivity index (χ1) is 8.26. The zero-order chi connectivity index (χ0) is 12.5. The fourth-order valence-electron chi connectivity index (χ4n) is 1.64. The lowest BCUT2D eigenvalue weighted by Crippen LogP contribution is -2.24. The average Bonchev–Trinajstić information content (AvgIpc) is 2.35. The Balaban J connectivity index is 2.44. The van der Waals surface area contributed by atoms with Crippen LogP contribution in [0.2, 0.25) is 0 Å². The number of aryl methyl sites for hydroxylation is 1. The van der Waals surface area contributed by atoms with Crippen molar-refractivity contribution in [2.75, 3.05) is 6.54 Å². The smallest absolute Gasteiger partial charge is 0.224 e. The molecule has 0 saturated carbocycles. The molecule has 0 aliphatic heterocycles. The van der Waals surface area contributed by atoms with Crippen LogP contribution >= 0.6 is 0 Å². The molecule has 1 aromatic rings. The van der Waals surface area contributed by atoms with Crippen LogP contribution in [0.25, 0.3) is 0 Å². The van der Waals surface area contributed by atoms with Gasteiger partial charge in [0.2, 0.25) is 5.91 Å². The molecule has 17 heavy (non-hydrogen) atoms. The van der Waals surface area contributed by atoms with E-state index in [0.29, 0.717) is 13.0 Å². The van der Waals surface area contributed by atoms with E-state index in [9.17, 15) is 4.79 Å². The molecule has 1 N–H and O–H groups in total. The molecule has 2 nitrogen and oxygen atoms in total. The van der Waals surface area contributed by atoms with Gasteiger partial charge >= 0.3 is 0 Å². The van der Waals surface area contributed by atoms with Crippen LogP contribution in [-0.4, -0.2) is 12.5 Å². The van der Waals surface area contributed by atoms with Gasteiger partial charge in [-0.2, -0.15) is 0 Å². The molecule has 0 aliphatic rings. The van der Waals surface area contributed by atoms with Crippen molar-refractivity contribution in [2.24, 2.45) is 0 Å². The SMILES string of the molecule is C=CCNC(=O)Cc1ccc(CCCC)cc1. The lowest BCUT2D eigenvalue weighted by Gasteiger charge is -2.04. The van der Waals surface area contributed by atoms with E-state index in [1.807, 2.05) is 12.1 Å². The summed E-state index contributed by atoms with van der Waals surface area (Å²) in [5.74, 6) is 0.0474. The molecule has 0 radical (unpaired) electrons. The molecule has 0 aromatic heterocycles. The molecule has 1 aromatic carbocycles. The lowest BCUT2D eigenvalue weighted by atomic mass is 10.0. The Bertz CT molecular complexity index is 354. The van der Waals surface area contributed by atoms with E-state index in [1.54, 1.807) is 6.08 Å². The van der Waals surface area contributed by atoms with Gasteiger partial charge in [0.25, 0.3) is 0 Å². The third-order valence-corrected chi connectivity index (χ3v) is 2.65.